The molecule has 0 aromatic heterocycles. The summed E-state index contributed by atoms with van der Waals surface area (Å²) in [6.07, 6.45) is 0. The van der Waals surface area contributed by atoms with E-state index < -0.39 is 10.5 Å². The fourth-order valence-electron chi connectivity index (χ4n) is 0.432. The minimum Gasteiger partial charge on any atom is -0.124 e. The second-order valence-corrected chi connectivity index (χ2v) is 13.4. The van der Waals surface area contributed by atoms with Crippen molar-refractivity contribution in [2.45, 2.75) is 24.0 Å². The lowest BCUT2D eigenvalue weighted by Crippen LogP contribution is -2.39. The van der Waals surface area contributed by atoms with Crippen molar-refractivity contribution < 1.29 is 0 Å². The number of rotatable bonds is 3. The summed E-state index contributed by atoms with van der Waals surface area (Å²) in [6.45, 7) is 3.84. The molecule has 0 aromatic rings. The summed E-state index contributed by atoms with van der Waals surface area (Å²) in [7, 11) is 0.732. The predicted molar refractivity (Wildman–Crippen MR) is 54.0 cm³/mol. The molecule has 0 fully saturated rings. The number of hydrogen-bond acceptors (Lipinski definition) is 0. The first-order chi connectivity index (χ1) is 4.31. The summed E-state index contributed by atoms with van der Waals surface area (Å²) < 4.78 is -0.592. The maximum Gasteiger partial charge on any atom is 0.360 e. The van der Waals surface area contributed by atoms with Crippen LogP contribution >= 0.6 is 44.8 Å². The van der Waals surface area contributed by atoms with E-state index >= 15 is 0 Å². The molecule has 60 valence electrons. The summed E-state index contributed by atoms with van der Waals surface area (Å²) in [5, 5.41) is 0. The van der Waals surface area contributed by atoms with E-state index in [2.05, 4.69) is 0 Å². The standard InChI is InChI=1S/C4H8Cl4Si2/c1-4(5,3-9-2)10(6,7)8/h3H2,1-2H3. The molecule has 0 aliphatic heterocycles. The van der Waals surface area contributed by atoms with Gasteiger partial charge in [-0.1, -0.05) is 6.55 Å². The van der Waals surface area contributed by atoms with Crippen LogP contribution in [-0.4, -0.2) is 20.0 Å². The van der Waals surface area contributed by atoms with E-state index in [0.29, 0.717) is 0 Å². The molecule has 0 heterocycles. The fraction of sp³-hybridized carbons (Fsp3) is 1.00. The Morgan fingerprint density at radius 1 is 1.40 bits per heavy atom. The molecule has 0 amide bonds. The van der Waals surface area contributed by atoms with E-state index in [0.717, 1.165) is 15.6 Å². The Bertz CT molecular complexity index is 108. The van der Waals surface area contributed by atoms with Crippen LogP contribution in [0.15, 0.2) is 0 Å². The molecular formula is C4H8Cl4Si2. The van der Waals surface area contributed by atoms with E-state index in [4.69, 9.17) is 44.8 Å². The lowest BCUT2D eigenvalue weighted by atomic mass is 10.5. The van der Waals surface area contributed by atoms with E-state index in [9.17, 15) is 0 Å². The highest BCUT2D eigenvalue weighted by atomic mass is 35.8. The van der Waals surface area contributed by atoms with Crippen LogP contribution in [0.25, 0.3) is 0 Å². The van der Waals surface area contributed by atoms with Gasteiger partial charge in [0, 0.05) is 9.52 Å². The van der Waals surface area contributed by atoms with Crippen LogP contribution in [0.4, 0.5) is 0 Å². The third-order valence-electron chi connectivity index (χ3n) is 1.10. The van der Waals surface area contributed by atoms with Crippen LogP contribution in [0.3, 0.4) is 0 Å². The maximum absolute atomic E-state index is 5.99. The molecule has 0 aromatic carbocycles. The molecule has 0 saturated carbocycles. The Morgan fingerprint density at radius 3 is 1.90 bits per heavy atom. The van der Waals surface area contributed by atoms with Crippen molar-refractivity contribution in [3.05, 3.63) is 0 Å². The molecule has 0 spiro atoms. The first kappa shape index (κ1) is 11.6. The van der Waals surface area contributed by atoms with E-state index in [-0.39, 0.29) is 0 Å². The molecule has 1 unspecified atom stereocenters. The van der Waals surface area contributed by atoms with Gasteiger partial charge in [0.1, 0.15) is 0 Å². The lowest BCUT2D eigenvalue weighted by molar-refractivity contribution is 0.966. The van der Waals surface area contributed by atoms with Gasteiger partial charge in [0.05, 0.1) is 4.50 Å². The van der Waals surface area contributed by atoms with E-state index in [1.54, 1.807) is 6.92 Å². The first-order valence-electron chi connectivity index (χ1n) is 2.71. The molecule has 10 heavy (non-hydrogen) atoms. The molecule has 0 nitrogen and oxygen atoms in total. The highest BCUT2D eigenvalue weighted by molar-refractivity contribution is 7.67. The van der Waals surface area contributed by atoms with Gasteiger partial charge < -0.3 is 0 Å². The molecule has 0 rings (SSSR count). The Labute approximate surface area is 84.1 Å². The van der Waals surface area contributed by atoms with Crippen LogP contribution in [0.1, 0.15) is 6.92 Å². The number of halogens is 4. The molecule has 6 heteroatoms. The first-order valence-corrected chi connectivity index (χ1v) is 9.83. The Kier molecular flexibility index (Phi) is 4.65. The predicted octanol–water partition coefficient (Wildman–Crippen LogP) is 3.35. The van der Waals surface area contributed by atoms with Crippen molar-refractivity contribution in [3.63, 3.8) is 0 Å². The summed E-state index contributed by atoms with van der Waals surface area (Å²) in [4.78, 5) is 0. The molecule has 0 saturated heterocycles. The zero-order chi connectivity index (χ0) is 8.41. The minimum atomic E-state index is -2.72. The highest BCUT2D eigenvalue weighted by Crippen LogP contribution is 2.40. The van der Waals surface area contributed by atoms with Crippen LogP contribution in [0, 0.1) is 0 Å². The highest BCUT2D eigenvalue weighted by Gasteiger charge is 2.45. The number of alkyl halides is 1. The van der Waals surface area contributed by atoms with Gasteiger partial charge in [-0.2, -0.15) is 0 Å². The molecular weight excluding hydrogens is 246 g/mol. The normalized spacial score (nSPS) is 18.6. The zero-order valence-corrected chi connectivity index (χ0v) is 10.7. The second kappa shape index (κ2) is 4.01. The monoisotopic (exact) mass is 252 g/mol. The molecule has 0 aliphatic rings. The second-order valence-electron chi connectivity index (χ2n) is 2.23. The maximum atomic E-state index is 5.99. The third-order valence-corrected chi connectivity index (χ3v) is 9.71. The van der Waals surface area contributed by atoms with Crippen molar-refractivity contribution >= 4 is 60.4 Å². The van der Waals surface area contributed by atoms with Crippen molar-refractivity contribution in [1.82, 2.24) is 0 Å². The van der Waals surface area contributed by atoms with Gasteiger partial charge in [0.25, 0.3) is 0 Å². The third kappa shape index (κ3) is 3.33. The van der Waals surface area contributed by atoms with Crippen molar-refractivity contribution in [1.29, 1.82) is 0 Å². The van der Waals surface area contributed by atoms with Gasteiger partial charge in [-0.3, -0.25) is 0 Å². The minimum absolute atomic E-state index is 0.592. The van der Waals surface area contributed by atoms with E-state index in [1.165, 1.54) is 0 Å². The SMILES string of the molecule is C[Si]CC(C)(Cl)[Si](Cl)(Cl)Cl. The fourth-order valence-corrected chi connectivity index (χ4v) is 4.63. The average molecular weight is 254 g/mol. The van der Waals surface area contributed by atoms with Gasteiger partial charge in [0.2, 0.25) is 0 Å². The Morgan fingerprint density at radius 2 is 1.80 bits per heavy atom. The topological polar surface area (TPSA) is 0 Å². The van der Waals surface area contributed by atoms with Crippen LogP contribution in [-0.2, 0) is 0 Å². The summed E-state index contributed by atoms with van der Waals surface area (Å²) in [6, 6.07) is -1.93. The zero-order valence-electron chi connectivity index (χ0n) is 5.72. The molecule has 2 radical (unpaired) electrons. The van der Waals surface area contributed by atoms with Crippen molar-refractivity contribution in [2.24, 2.45) is 0 Å². The number of hydrogen-bond donors (Lipinski definition) is 0. The van der Waals surface area contributed by atoms with Gasteiger partial charge in [-0.05, 0) is 13.0 Å². The van der Waals surface area contributed by atoms with Gasteiger partial charge in [0.15, 0.2) is 0 Å². The summed E-state index contributed by atoms with van der Waals surface area (Å²) in [5.41, 5.74) is 0. The van der Waals surface area contributed by atoms with Crippen LogP contribution in [0.2, 0.25) is 12.6 Å². The average Bonchev–Trinajstić information content (AvgIpc) is 1.61. The molecule has 0 aliphatic carbocycles. The summed E-state index contributed by atoms with van der Waals surface area (Å²) >= 11 is 23.2. The quantitative estimate of drug-likeness (QED) is 0.411. The Hall–Kier alpha value is 1.59. The van der Waals surface area contributed by atoms with Crippen LogP contribution < -0.4 is 0 Å². The van der Waals surface area contributed by atoms with Crippen molar-refractivity contribution in [3.8, 4) is 0 Å². The lowest BCUT2D eigenvalue weighted by Gasteiger charge is -2.26. The van der Waals surface area contributed by atoms with Crippen LogP contribution in [0.5, 0.6) is 0 Å². The van der Waals surface area contributed by atoms with Gasteiger partial charge >= 0.3 is 6.00 Å². The van der Waals surface area contributed by atoms with Crippen molar-refractivity contribution in [2.75, 3.05) is 0 Å². The molecule has 1 atom stereocenters. The Balaban J connectivity index is 4.10. The smallest absolute Gasteiger partial charge is 0.124 e. The molecule has 0 N–H and O–H groups in total. The summed E-state index contributed by atoms with van der Waals surface area (Å²) in [5.74, 6) is 0. The van der Waals surface area contributed by atoms with E-state index in [1.807, 2.05) is 6.55 Å². The van der Waals surface area contributed by atoms with Gasteiger partial charge in [-0.15, -0.1) is 44.8 Å². The van der Waals surface area contributed by atoms with Gasteiger partial charge in [-0.25, -0.2) is 0 Å². The molecule has 0 bridgehead atoms. The largest absolute Gasteiger partial charge is 0.360 e.